The zero-order valence-corrected chi connectivity index (χ0v) is 15.2. The van der Waals surface area contributed by atoms with Crippen LogP contribution in [0.3, 0.4) is 0 Å². The molecule has 1 atom stereocenters. The maximum absolute atomic E-state index is 12.9. The smallest absolute Gasteiger partial charge is 0.326 e. The van der Waals surface area contributed by atoms with E-state index < -0.39 is 17.9 Å². The molecule has 138 valence electrons. The summed E-state index contributed by atoms with van der Waals surface area (Å²) in [5.74, 6) is -1.13. The average Bonchev–Trinajstić information content (AvgIpc) is 3.36. The highest BCUT2D eigenvalue weighted by Gasteiger charge is 2.30. The Hall–Kier alpha value is -2.70. The summed E-state index contributed by atoms with van der Waals surface area (Å²) in [6, 6.07) is 0.765. The van der Waals surface area contributed by atoms with Crippen LogP contribution in [-0.2, 0) is 4.79 Å². The lowest BCUT2D eigenvalue weighted by atomic mass is 10.0. The van der Waals surface area contributed by atoms with Gasteiger partial charge in [-0.15, -0.1) is 0 Å². The fourth-order valence-electron chi connectivity index (χ4n) is 2.88. The molecule has 1 unspecified atom stereocenters. The van der Waals surface area contributed by atoms with Gasteiger partial charge >= 0.3 is 5.97 Å². The van der Waals surface area contributed by atoms with E-state index in [9.17, 15) is 14.7 Å². The Labute approximate surface area is 151 Å². The number of allylic oxidation sites excluding steroid dienone is 1. The van der Waals surface area contributed by atoms with E-state index in [1.807, 2.05) is 13.8 Å². The molecule has 1 aliphatic carbocycles. The quantitative estimate of drug-likeness (QED) is 0.736. The fourth-order valence-corrected chi connectivity index (χ4v) is 2.88. The van der Waals surface area contributed by atoms with Gasteiger partial charge in [0.05, 0.1) is 16.6 Å². The maximum Gasteiger partial charge on any atom is 0.326 e. The first-order chi connectivity index (χ1) is 12.4. The molecule has 2 aromatic rings. The molecular formula is C19H23N3O4. The number of hydrogen-bond acceptors (Lipinski definition) is 5. The van der Waals surface area contributed by atoms with Gasteiger partial charge in [-0.1, -0.05) is 31.2 Å². The van der Waals surface area contributed by atoms with Gasteiger partial charge in [0.25, 0.3) is 11.6 Å². The SMILES string of the molecule is C/C=C/CC(NC(=O)c1cc(C2CC2)nc2onc(C(C)C)c12)C(=O)O. The van der Waals surface area contributed by atoms with Crippen molar-refractivity contribution in [3.8, 4) is 0 Å². The van der Waals surface area contributed by atoms with E-state index in [1.165, 1.54) is 0 Å². The molecule has 2 aromatic heterocycles. The molecule has 0 aromatic carbocycles. The molecule has 0 bridgehead atoms. The number of fused-ring (bicyclic) bond motifs is 1. The Morgan fingerprint density at radius 2 is 2.15 bits per heavy atom. The first-order valence-corrected chi connectivity index (χ1v) is 8.87. The number of aliphatic carboxylic acids is 1. The van der Waals surface area contributed by atoms with Crippen LogP contribution >= 0.6 is 0 Å². The summed E-state index contributed by atoms with van der Waals surface area (Å²) < 4.78 is 5.37. The molecule has 2 heterocycles. The topological polar surface area (TPSA) is 105 Å². The molecule has 26 heavy (non-hydrogen) atoms. The number of nitrogens with one attached hydrogen (secondary N) is 1. The van der Waals surface area contributed by atoms with Crippen molar-refractivity contribution in [2.75, 3.05) is 0 Å². The molecule has 0 saturated heterocycles. The van der Waals surface area contributed by atoms with Crippen molar-refractivity contribution in [1.82, 2.24) is 15.5 Å². The van der Waals surface area contributed by atoms with Crippen molar-refractivity contribution in [2.45, 2.75) is 57.9 Å². The Bertz CT molecular complexity index is 865. The predicted molar refractivity (Wildman–Crippen MR) is 96.2 cm³/mol. The minimum absolute atomic E-state index is 0.0506. The van der Waals surface area contributed by atoms with Crippen LogP contribution in [0, 0.1) is 0 Å². The number of amides is 1. The van der Waals surface area contributed by atoms with Gasteiger partial charge in [-0.25, -0.2) is 9.78 Å². The van der Waals surface area contributed by atoms with E-state index in [1.54, 1.807) is 25.1 Å². The summed E-state index contributed by atoms with van der Waals surface area (Å²) in [7, 11) is 0. The van der Waals surface area contributed by atoms with Crippen LogP contribution in [0.15, 0.2) is 22.7 Å². The second-order valence-electron chi connectivity index (χ2n) is 6.94. The molecular weight excluding hydrogens is 334 g/mol. The minimum atomic E-state index is -1.07. The highest BCUT2D eigenvalue weighted by Crippen LogP contribution is 2.41. The van der Waals surface area contributed by atoms with Crippen LogP contribution in [0.25, 0.3) is 11.1 Å². The fraction of sp³-hybridized carbons (Fsp3) is 0.474. The lowest BCUT2D eigenvalue weighted by molar-refractivity contribution is -0.139. The molecule has 3 rings (SSSR count). The molecule has 1 fully saturated rings. The van der Waals surface area contributed by atoms with Crippen LogP contribution in [0.2, 0.25) is 0 Å². The van der Waals surface area contributed by atoms with Crippen LogP contribution in [0.5, 0.6) is 0 Å². The van der Waals surface area contributed by atoms with Crippen molar-refractivity contribution >= 4 is 23.0 Å². The molecule has 7 heteroatoms. The highest BCUT2D eigenvalue weighted by molar-refractivity contribution is 6.07. The molecule has 7 nitrogen and oxygen atoms in total. The summed E-state index contributed by atoms with van der Waals surface area (Å²) in [5, 5.41) is 16.6. The number of aromatic nitrogens is 2. The van der Waals surface area contributed by atoms with E-state index in [0.717, 1.165) is 18.5 Å². The number of hydrogen-bond donors (Lipinski definition) is 2. The first kappa shape index (κ1) is 18.1. The first-order valence-electron chi connectivity index (χ1n) is 8.87. The standard InChI is InChI=1S/C19H23N3O4/c1-4-5-6-13(19(24)25)20-17(23)12-9-14(11-7-8-11)21-18-15(12)16(10(2)3)22-26-18/h4-5,9-11,13H,6-8H2,1-3H3,(H,20,23)(H,24,25)/b5-4+. The molecule has 1 saturated carbocycles. The number of carbonyl (C=O) groups excluding carboxylic acids is 1. The number of carbonyl (C=O) groups is 2. The van der Waals surface area contributed by atoms with E-state index in [2.05, 4.69) is 15.5 Å². The Morgan fingerprint density at radius 1 is 1.42 bits per heavy atom. The zero-order chi connectivity index (χ0) is 18.8. The van der Waals surface area contributed by atoms with E-state index in [0.29, 0.717) is 28.3 Å². The van der Waals surface area contributed by atoms with Gasteiger partial charge < -0.3 is 14.9 Å². The number of nitrogens with zero attached hydrogens (tertiary/aromatic N) is 2. The Morgan fingerprint density at radius 3 is 2.73 bits per heavy atom. The van der Waals surface area contributed by atoms with Crippen molar-refractivity contribution in [3.05, 3.63) is 35.2 Å². The van der Waals surface area contributed by atoms with Crippen LogP contribution in [0.1, 0.15) is 73.6 Å². The van der Waals surface area contributed by atoms with Gasteiger partial charge in [-0.05, 0) is 38.2 Å². The lowest BCUT2D eigenvalue weighted by Crippen LogP contribution is -2.40. The van der Waals surface area contributed by atoms with Crippen molar-refractivity contribution < 1.29 is 19.2 Å². The molecule has 2 N–H and O–H groups in total. The number of carboxylic acid groups (broad SMARTS) is 1. The summed E-state index contributed by atoms with van der Waals surface area (Å²) in [6.45, 7) is 5.72. The zero-order valence-electron chi connectivity index (χ0n) is 15.2. The largest absolute Gasteiger partial charge is 0.480 e. The normalized spacial score (nSPS) is 15.7. The Kier molecular flexibility index (Phi) is 5.06. The Balaban J connectivity index is 2.02. The second-order valence-corrected chi connectivity index (χ2v) is 6.94. The van der Waals surface area contributed by atoms with Crippen molar-refractivity contribution in [2.24, 2.45) is 0 Å². The molecule has 1 amide bonds. The van der Waals surface area contributed by atoms with E-state index in [-0.39, 0.29) is 12.3 Å². The number of pyridine rings is 1. The van der Waals surface area contributed by atoms with Gasteiger partial charge in [0, 0.05) is 11.6 Å². The molecule has 0 aliphatic heterocycles. The molecule has 1 aliphatic rings. The summed E-state index contributed by atoms with van der Waals surface area (Å²) in [5.41, 5.74) is 2.17. The monoisotopic (exact) mass is 357 g/mol. The summed E-state index contributed by atoms with van der Waals surface area (Å²) in [6.07, 6.45) is 5.76. The van der Waals surface area contributed by atoms with E-state index >= 15 is 0 Å². The van der Waals surface area contributed by atoms with Crippen LogP contribution in [0.4, 0.5) is 0 Å². The summed E-state index contributed by atoms with van der Waals surface area (Å²) >= 11 is 0. The third-order valence-electron chi connectivity index (χ3n) is 4.49. The second kappa shape index (κ2) is 7.27. The van der Waals surface area contributed by atoms with Crippen LogP contribution in [-0.4, -0.2) is 33.2 Å². The van der Waals surface area contributed by atoms with Gasteiger partial charge in [-0.2, -0.15) is 0 Å². The third kappa shape index (κ3) is 3.61. The third-order valence-corrected chi connectivity index (χ3v) is 4.49. The molecule has 0 spiro atoms. The predicted octanol–water partition coefficient (Wildman–Crippen LogP) is 3.37. The van der Waals surface area contributed by atoms with Crippen molar-refractivity contribution in [3.63, 3.8) is 0 Å². The van der Waals surface area contributed by atoms with Gasteiger partial charge in [0.1, 0.15) is 6.04 Å². The molecule has 0 radical (unpaired) electrons. The van der Waals surface area contributed by atoms with Gasteiger partial charge in [0.15, 0.2) is 0 Å². The number of carboxylic acids is 1. The maximum atomic E-state index is 12.9. The highest BCUT2D eigenvalue weighted by atomic mass is 16.5. The average molecular weight is 357 g/mol. The minimum Gasteiger partial charge on any atom is -0.480 e. The van der Waals surface area contributed by atoms with E-state index in [4.69, 9.17) is 4.52 Å². The van der Waals surface area contributed by atoms with Gasteiger partial charge in [-0.3, -0.25) is 4.79 Å². The number of rotatable bonds is 7. The lowest BCUT2D eigenvalue weighted by Gasteiger charge is -2.14. The summed E-state index contributed by atoms with van der Waals surface area (Å²) in [4.78, 5) is 28.9. The van der Waals surface area contributed by atoms with Gasteiger partial charge in [0.2, 0.25) is 0 Å². The van der Waals surface area contributed by atoms with Crippen molar-refractivity contribution in [1.29, 1.82) is 0 Å². The van der Waals surface area contributed by atoms with Crippen LogP contribution < -0.4 is 5.32 Å².